The van der Waals surface area contributed by atoms with Gasteiger partial charge in [0.05, 0.1) is 15.6 Å². The lowest BCUT2D eigenvalue weighted by molar-refractivity contribution is 0.678. The molecule has 0 aromatic heterocycles. The van der Waals surface area contributed by atoms with Crippen LogP contribution in [0.25, 0.3) is 11.1 Å². The molecule has 0 amide bonds. The average molecular weight is 266 g/mol. The fourth-order valence-corrected chi connectivity index (χ4v) is 4.83. The largest absolute Gasteiger partial charge is 0.323 e. The molecule has 1 aliphatic rings. The second-order valence-corrected chi connectivity index (χ2v) is 7.14. The highest BCUT2D eigenvalue weighted by atomic mass is 35.5. The highest BCUT2D eigenvalue weighted by molar-refractivity contribution is 8.04. The van der Waals surface area contributed by atoms with Crippen LogP contribution < -0.4 is 4.72 Å². The van der Waals surface area contributed by atoms with Gasteiger partial charge in [0.1, 0.15) is 0 Å². The molecule has 0 atom stereocenters. The van der Waals surface area contributed by atoms with Crippen LogP contribution in [-0.4, -0.2) is 10.5 Å². The molecule has 4 heteroatoms. The van der Waals surface area contributed by atoms with E-state index in [0.29, 0.717) is 5.02 Å². The third-order valence-corrected chi connectivity index (χ3v) is 5.41. The Hall–Kier alpha value is -1.32. The van der Waals surface area contributed by atoms with Crippen molar-refractivity contribution < 1.29 is 4.21 Å². The summed E-state index contributed by atoms with van der Waals surface area (Å²) in [6, 6.07) is 13.5. The molecule has 88 valence electrons. The maximum Gasteiger partial charge on any atom is 0.0578 e. The number of benzene rings is 2. The lowest BCUT2D eigenvalue weighted by atomic mass is 10.0. The van der Waals surface area contributed by atoms with E-state index in [4.69, 9.17) is 11.6 Å². The Labute approximate surface area is 106 Å². The smallest absolute Gasteiger partial charge is 0.0578 e. The molecule has 0 bridgehead atoms. The molecule has 0 aliphatic carbocycles. The number of anilines is 1. The van der Waals surface area contributed by atoms with Crippen molar-refractivity contribution in [2.75, 3.05) is 11.0 Å². The minimum Gasteiger partial charge on any atom is -0.323 e. The molecule has 0 unspecified atom stereocenters. The first kappa shape index (κ1) is 10.8. The summed E-state index contributed by atoms with van der Waals surface area (Å²) in [5, 5.41) is 0.565. The molecule has 17 heavy (non-hydrogen) atoms. The number of hydrogen-bond donors (Lipinski definition) is 2. The highest BCUT2D eigenvalue weighted by Gasteiger charge is 2.26. The van der Waals surface area contributed by atoms with E-state index in [0.717, 1.165) is 21.7 Å². The molecule has 0 fully saturated rings. The molecule has 2 aromatic rings. The SMILES string of the molecule is C[SH]1(=O)Nc2ccccc2-c2cccc(Cl)c21. The second kappa shape index (κ2) is 3.59. The predicted molar refractivity (Wildman–Crippen MR) is 74.2 cm³/mol. The van der Waals surface area contributed by atoms with Gasteiger partial charge in [-0.25, -0.2) is 0 Å². The van der Waals surface area contributed by atoms with E-state index >= 15 is 0 Å². The maximum atomic E-state index is 12.6. The average Bonchev–Trinajstić information content (AvgIpc) is 2.28. The van der Waals surface area contributed by atoms with E-state index in [2.05, 4.69) is 4.72 Å². The van der Waals surface area contributed by atoms with E-state index in [1.807, 2.05) is 36.4 Å². The predicted octanol–water partition coefficient (Wildman–Crippen LogP) is 3.35. The van der Waals surface area contributed by atoms with Gasteiger partial charge in [0.25, 0.3) is 0 Å². The molecule has 0 saturated carbocycles. The fourth-order valence-electron chi connectivity index (χ4n) is 2.27. The monoisotopic (exact) mass is 265 g/mol. The summed E-state index contributed by atoms with van der Waals surface area (Å²) in [6.45, 7) is 0. The molecule has 0 saturated heterocycles. The molecule has 2 aromatic carbocycles. The van der Waals surface area contributed by atoms with Crippen LogP contribution in [0.3, 0.4) is 0 Å². The third kappa shape index (κ3) is 1.58. The van der Waals surface area contributed by atoms with E-state index in [9.17, 15) is 4.21 Å². The number of hydrogen-bond acceptors (Lipinski definition) is 1. The van der Waals surface area contributed by atoms with Crippen LogP contribution in [0.15, 0.2) is 47.4 Å². The van der Waals surface area contributed by atoms with E-state index in [-0.39, 0.29) is 0 Å². The van der Waals surface area contributed by atoms with Crippen molar-refractivity contribution in [3.8, 4) is 11.1 Å². The van der Waals surface area contributed by atoms with Gasteiger partial charge in [-0.15, -0.1) is 0 Å². The van der Waals surface area contributed by atoms with Crippen LogP contribution in [0, 0.1) is 0 Å². The van der Waals surface area contributed by atoms with Crippen LogP contribution in [0.1, 0.15) is 0 Å². The first-order valence-corrected chi connectivity index (χ1v) is 7.87. The normalized spacial score (nSPS) is 17.5. The molecular formula is C13H12ClNOS. The first-order valence-electron chi connectivity index (χ1n) is 5.34. The topological polar surface area (TPSA) is 29.1 Å². The molecule has 0 spiro atoms. The van der Waals surface area contributed by atoms with Crippen LogP contribution in [0.2, 0.25) is 5.02 Å². The van der Waals surface area contributed by atoms with Crippen molar-refractivity contribution in [3.05, 3.63) is 47.5 Å². The Kier molecular flexibility index (Phi) is 2.28. The third-order valence-electron chi connectivity index (χ3n) is 2.96. The minimum absolute atomic E-state index is 0.565. The summed E-state index contributed by atoms with van der Waals surface area (Å²) in [6.07, 6.45) is 1.72. The Morgan fingerprint density at radius 1 is 1.06 bits per heavy atom. The van der Waals surface area contributed by atoms with Crippen molar-refractivity contribution >= 4 is 27.4 Å². The standard InChI is InChI=1S/C13H12ClNOS/c1-17(16)13-10(6-4-7-11(13)14)9-5-2-3-8-12(9)15-17/h2-8,17H,1H3,(H,15,16). The summed E-state index contributed by atoms with van der Waals surface area (Å²) in [5.41, 5.74) is 2.93. The Morgan fingerprint density at radius 2 is 1.76 bits per heavy atom. The van der Waals surface area contributed by atoms with Gasteiger partial charge in [-0.1, -0.05) is 41.9 Å². The van der Waals surface area contributed by atoms with Gasteiger partial charge in [0.2, 0.25) is 0 Å². The second-order valence-electron chi connectivity index (χ2n) is 4.22. The summed E-state index contributed by atoms with van der Waals surface area (Å²) < 4.78 is 15.7. The van der Waals surface area contributed by atoms with Crippen molar-refractivity contribution in [3.63, 3.8) is 0 Å². The summed E-state index contributed by atoms with van der Waals surface area (Å²) >= 11 is 6.18. The molecule has 3 rings (SSSR count). The Balaban J connectivity index is 2.41. The number of fused-ring (bicyclic) bond motifs is 3. The zero-order valence-electron chi connectivity index (χ0n) is 9.27. The number of halogens is 1. The van der Waals surface area contributed by atoms with Gasteiger partial charge in [0.15, 0.2) is 0 Å². The maximum absolute atomic E-state index is 12.6. The van der Waals surface area contributed by atoms with Crippen molar-refractivity contribution in [1.82, 2.24) is 0 Å². The minimum atomic E-state index is -2.63. The molecule has 1 aliphatic heterocycles. The summed E-state index contributed by atoms with van der Waals surface area (Å²) in [7, 11) is -2.63. The summed E-state index contributed by atoms with van der Waals surface area (Å²) in [5.74, 6) is 0. The number of thiol groups is 1. The van der Waals surface area contributed by atoms with E-state index < -0.39 is 10.1 Å². The van der Waals surface area contributed by atoms with E-state index in [1.165, 1.54) is 0 Å². The van der Waals surface area contributed by atoms with Gasteiger partial charge >= 0.3 is 0 Å². The lowest BCUT2D eigenvalue weighted by Crippen LogP contribution is -2.25. The van der Waals surface area contributed by atoms with Crippen LogP contribution in [0.5, 0.6) is 0 Å². The van der Waals surface area contributed by atoms with Crippen molar-refractivity contribution in [2.45, 2.75) is 4.90 Å². The van der Waals surface area contributed by atoms with Crippen LogP contribution >= 0.6 is 11.6 Å². The van der Waals surface area contributed by atoms with Crippen LogP contribution in [0.4, 0.5) is 5.69 Å². The van der Waals surface area contributed by atoms with Crippen LogP contribution in [-0.2, 0) is 10.1 Å². The highest BCUT2D eigenvalue weighted by Crippen LogP contribution is 2.43. The quantitative estimate of drug-likeness (QED) is 0.703. The molecule has 1 N–H and O–H groups in total. The van der Waals surface area contributed by atoms with Gasteiger partial charge in [-0.3, -0.25) is 4.21 Å². The Morgan fingerprint density at radius 3 is 2.59 bits per heavy atom. The molecule has 1 heterocycles. The molecule has 2 nitrogen and oxygen atoms in total. The fraction of sp³-hybridized carbons (Fsp3) is 0.0769. The van der Waals surface area contributed by atoms with Gasteiger partial charge in [0, 0.05) is 17.4 Å². The van der Waals surface area contributed by atoms with Crippen molar-refractivity contribution in [1.29, 1.82) is 0 Å². The van der Waals surface area contributed by atoms with Crippen molar-refractivity contribution in [2.24, 2.45) is 0 Å². The van der Waals surface area contributed by atoms with Gasteiger partial charge in [-0.2, -0.15) is 0 Å². The lowest BCUT2D eigenvalue weighted by Gasteiger charge is -2.32. The number of nitrogens with one attached hydrogen (secondary N) is 1. The first-order chi connectivity index (χ1) is 8.09. The van der Waals surface area contributed by atoms with Gasteiger partial charge in [-0.05, 0) is 22.3 Å². The number of para-hydroxylation sites is 1. The molecule has 0 radical (unpaired) electrons. The zero-order valence-corrected chi connectivity index (χ0v) is 10.9. The zero-order chi connectivity index (χ0) is 12.0. The summed E-state index contributed by atoms with van der Waals surface area (Å²) in [4.78, 5) is 0.736. The van der Waals surface area contributed by atoms with E-state index in [1.54, 1.807) is 12.3 Å². The molecular weight excluding hydrogens is 254 g/mol. The number of rotatable bonds is 0. The Bertz CT molecular complexity index is 654. The van der Waals surface area contributed by atoms with Gasteiger partial charge < -0.3 is 4.72 Å².